The van der Waals surface area contributed by atoms with E-state index in [0.29, 0.717) is 12.6 Å². The van der Waals surface area contributed by atoms with Crippen molar-refractivity contribution in [2.24, 2.45) is 5.73 Å². The number of carbonyl (C=O) groups is 1. The first kappa shape index (κ1) is 12.9. The third-order valence-electron chi connectivity index (χ3n) is 3.31. The van der Waals surface area contributed by atoms with Gasteiger partial charge in [0.1, 0.15) is 6.61 Å². The molecule has 0 saturated heterocycles. The highest BCUT2D eigenvalue weighted by Crippen LogP contribution is 2.17. The lowest BCUT2D eigenvalue weighted by Crippen LogP contribution is -2.40. The highest BCUT2D eigenvalue weighted by atomic mass is 16.5. The zero-order valence-electron chi connectivity index (χ0n) is 10.5. The summed E-state index contributed by atoms with van der Waals surface area (Å²) in [6.45, 7) is 0.318. The van der Waals surface area contributed by atoms with Crippen LogP contribution < -0.4 is 11.1 Å². The van der Waals surface area contributed by atoms with Gasteiger partial charge in [-0.25, -0.2) is 4.79 Å². The molecule has 1 amide bonds. The zero-order valence-corrected chi connectivity index (χ0v) is 10.5. The van der Waals surface area contributed by atoms with E-state index in [1.54, 1.807) is 0 Å². The van der Waals surface area contributed by atoms with E-state index in [9.17, 15) is 4.79 Å². The molecular weight excluding hydrogens is 228 g/mol. The molecule has 98 valence electrons. The summed E-state index contributed by atoms with van der Waals surface area (Å²) in [6, 6.07) is 10.2. The molecule has 2 rings (SSSR count). The first-order valence-electron chi connectivity index (χ1n) is 6.47. The Morgan fingerprint density at radius 3 is 2.56 bits per heavy atom. The van der Waals surface area contributed by atoms with Crippen LogP contribution in [0.2, 0.25) is 0 Å². The van der Waals surface area contributed by atoms with Crippen molar-refractivity contribution in [3.8, 4) is 0 Å². The number of amides is 1. The van der Waals surface area contributed by atoms with Crippen LogP contribution in [-0.4, -0.2) is 18.2 Å². The summed E-state index contributed by atoms with van der Waals surface area (Å²) in [5, 5.41) is 2.89. The molecule has 4 heteroatoms. The Morgan fingerprint density at radius 2 is 1.89 bits per heavy atom. The molecule has 0 heterocycles. The van der Waals surface area contributed by atoms with Gasteiger partial charge in [-0.2, -0.15) is 0 Å². The molecule has 0 radical (unpaired) electrons. The molecule has 1 aromatic carbocycles. The topological polar surface area (TPSA) is 64.3 Å². The predicted molar refractivity (Wildman–Crippen MR) is 70.0 cm³/mol. The van der Waals surface area contributed by atoms with Gasteiger partial charge < -0.3 is 15.8 Å². The van der Waals surface area contributed by atoms with E-state index in [4.69, 9.17) is 10.5 Å². The minimum Gasteiger partial charge on any atom is -0.445 e. The molecule has 1 fully saturated rings. The van der Waals surface area contributed by atoms with Crippen LogP contribution in [0, 0.1) is 0 Å². The van der Waals surface area contributed by atoms with E-state index in [2.05, 4.69) is 5.32 Å². The number of benzene rings is 1. The van der Waals surface area contributed by atoms with Crippen LogP contribution in [-0.2, 0) is 11.3 Å². The van der Waals surface area contributed by atoms with Crippen molar-refractivity contribution in [2.75, 3.05) is 0 Å². The quantitative estimate of drug-likeness (QED) is 0.861. The molecule has 0 aromatic heterocycles. The molecule has 0 atom stereocenters. The van der Waals surface area contributed by atoms with Gasteiger partial charge in [0.05, 0.1) is 0 Å². The number of ether oxygens (including phenoxy) is 1. The summed E-state index contributed by atoms with van der Waals surface area (Å²) in [6.07, 6.45) is 3.51. The van der Waals surface area contributed by atoms with Gasteiger partial charge in [-0.1, -0.05) is 30.3 Å². The highest BCUT2D eigenvalue weighted by Gasteiger charge is 2.20. The summed E-state index contributed by atoms with van der Waals surface area (Å²) in [4.78, 5) is 11.6. The van der Waals surface area contributed by atoms with Gasteiger partial charge in [0.25, 0.3) is 0 Å². The van der Waals surface area contributed by atoms with Crippen molar-refractivity contribution < 1.29 is 9.53 Å². The largest absolute Gasteiger partial charge is 0.445 e. The van der Waals surface area contributed by atoms with Crippen molar-refractivity contribution >= 4 is 6.09 Å². The van der Waals surface area contributed by atoms with Gasteiger partial charge in [0, 0.05) is 12.1 Å². The van der Waals surface area contributed by atoms with Crippen LogP contribution in [0.4, 0.5) is 4.79 Å². The maximum absolute atomic E-state index is 11.6. The van der Waals surface area contributed by atoms with Crippen LogP contribution in [0.15, 0.2) is 30.3 Å². The maximum atomic E-state index is 11.6. The predicted octanol–water partition coefficient (Wildman–Crippen LogP) is 2.18. The Kier molecular flexibility index (Phi) is 4.59. The number of hydrogen-bond acceptors (Lipinski definition) is 3. The number of rotatable bonds is 3. The lowest BCUT2D eigenvalue weighted by atomic mass is 9.92. The molecule has 1 aromatic rings. The van der Waals surface area contributed by atoms with Gasteiger partial charge in [0.15, 0.2) is 0 Å². The fourth-order valence-corrected chi connectivity index (χ4v) is 2.19. The van der Waals surface area contributed by atoms with E-state index in [1.165, 1.54) is 0 Å². The molecule has 1 saturated carbocycles. The molecule has 4 nitrogen and oxygen atoms in total. The fourth-order valence-electron chi connectivity index (χ4n) is 2.19. The molecule has 0 bridgehead atoms. The van der Waals surface area contributed by atoms with Gasteiger partial charge in [0.2, 0.25) is 0 Å². The number of alkyl carbamates (subject to hydrolysis) is 1. The zero-order chi connectivity index (χ0) is 12.8. The maximum Gasteiger partial charge on any atom is 0.407 e. The molecule has 0 unspecified atom stereocenters. The van der Waals surface area contributed by atoms with Crippen molar-refractivity contribution in [2.45, 2.75) is 44.4 Å². The summed E-state index contributed by atoms with van der Waals surface area (Å²) >= 11 is 0. The first-order valence-corrected chi connectivity index (χ1v) is 6.47. The molecule has 18 heavy (non-hydrogen) atoms. The van der Waals surface area contributed by atoms with Crippen LogP contribution in [0.1, 0.15) is 31.2 Å². The van der Waals surface area contributed by atoms with E-state index >= 15 is 0 Å². The number of hydrogen-bond donors (Lipinski definition) is 2. The Labute approximate surface area is 108 Å². The molecule has 1 aliphatic rings. The minimum atomic E-state index is -0.334. The smallest absolute Gasteiger partial charge is 0.407 e. The molecule has 1 aliphatic carbocycles. The van der Waals surface area contributed by atoms with Crippen LogP contribution in [0.3, 0.4) is 0 Å². The second-order valence-electron chi connectivity index (χ2n) is 4.82. The number of nitrogens with two attached hydrogens (primary N) is 1. The summed E-state index contributed by atoms with van der Waals surface area (Å²) in [5.74, 6) is 0. The van der Waals surface area contributed by atoms with Gasteiger partial charge in [-0.05, 0) is 31.2 Å². The average Bonchev–Trinajstić information content (AvgIpc) is 2.40. The third-order valence-corrected chi connectivity index (χ3v) is 3.31. The van der Waals surface area contributed by atoms with Crippen molar-refractivity contribution in [3.05, 3.63) is 35.9 Å². The first-order chi connectivity index (χ1) is 8.74. The number of carbonyl (C=O) groups excluding carboxylic acids is 1. The minimum absolute atomic E-state index is 0.216. The van der Waals surface area contributed by atoms with Crippen molar-refractivity contribution in [3.63, 3.8) is 0 Å². The third kappa shape index (κ3) is 4.04. The van der Waals surface area contributed by atoms with Crippen LogP contribution in [0.25, 0.3) is 0 Å². The van der Waals surface area contributed by atoms with E-state index in [-0.39, 0.29) is 12.1 Å². The van der Waals surface area contributed by atoms with Gasteiger partial charge in [-0.3, -0.25) is 0 Å². The molecule has 0 spiro atoms. The molecule has 3 N–H and O–H groups in total. The standard InChI is InChI=1S/C14H20N2O2/c15-12-6-8-13(9-7-12)16-14(17)18-10-11-4-2-1-3-5-11/h1-5,12-13H,6-10,15H2,(H,16,17). The second-order valence-corrected chi connectivity index (χ2v) is 4.82. The molecular formula is C14H20N2O2. The van der Waals surface area contributed by atoms with Gasteiger partial charge in [-0.15, -0.1) is 0 Å². The van der Waals surface area contributed by atoms with Crippen LogP contribution >= 0.6 is 0 Å². The van der Waals surface area contributed by atoms with E-state index in [0.717, 1.165) is 31.2 Å². The Hall–Kier alpha value is -1.55. The Balaban J connectivity index is 1.69. The van der Waals surface area contributed by atoms with E-state index in [1.807, 2.05) is 30.3 Å². The van der Waals surface area contributed by atoms with Crippen molar-refractivity contribution in [1.29, 1.82) is 0 Å². The SMILES string of the molecule is NC1CCC(NC(=O)OCc2ccccc2)CC1. The number of nitrogens with one attached hydrogen (secondary N) is 1. The average molecular weight is 248 g/mol. The lowest BCUT2D eigenvalue weighted by molar-refractivity contribution is 0.132. The second kappa shape index (κ2) is 6.40. The Morgan fingerprint density at radius 1 is 1.22 bits per heavy atom. The van der Waals surface area contributed by atoms with Crippen LogP contribution in [0.5, 0.6) is 0 Å². The molecule has 0 aliphatic heterocycles. The summed E-state index contributed by atoms with van der Waals surface area (Å²) < 4.78 is 5.18. The van der Waals surface area contributed by atoms with E-state index < -0.39 is 0 Å². The Bertz CT molecular complexity index is 373. The normalized spacial score (nSPS) is 23.4. The summed E-state index contributed by atoms with van der Waals surface area (Å²) in [7, 11) is 0. The fraction of sp³-hybridized carbons (Fsp3) is 0.500. The van der Waals surface area contributed by atoms with Crippen molar-refractivity contribution in [1.82, 2.24) is 5.32 Å². The summed E-state index contributed by atoms with van der Waals surface area (Å²) in [5.41, 5.74) is 6.82. The lowest BCUT2D eigenvalue weighted by Gasteiger charge is -2.26. The monoisotopic (exact) mass is 248 g/mol. The van der Waals surface area contributed by atoms with Gasteiger partial charge >= 0.3 is 6.09 Å². The highest BCUT2D eigenvalue weighted by molar-refractivity contribution is 5.67.